The fourth-order valence-corrected chi connectivity index (χ4v) is 4.44. The van der Waals surface area contributed by atoms with Gasteiger partial charge >= 0.3 is 5.97 Å². The molecule has 0 radical (unpaired) electrons. The predicted molar refractivity (Wildman–Crippen MR) is 148 cm³/mol. The Morgan fingerprint density at radius 3 is 1.92 bits per heavy atom. The van der Waals surface area contributed by atoms with Gasteiger partial charge in [0, 0.05) is 11.1 Å². The number of nitrogens with zero attached hydrogens (tertiary/aromatic N) is 4. The van der Waals surface area contributed by atoms with Gasteiger partial charge in [0.1, 0.15) is 5.01 Å². The molecular formula is C29H25N5O3S. The maximum absolute atomic E-state index is 12.9. The van der Waals surface area contributed by atoms with E-state index >= 15 is 0 Å². The number of benzene rings is 3. The summed E-state index contributed by atoms with van der Waals surface area (Å²) >= 11 is 1.24. The van der Waals surface area contributed by atoms with Crippen LogP contribution < -0.4 is 5.32 Å². The molecule has 3 aromatic carbocycles. The van der Waals surface area contributed by atoms with Crippen LogP contribution in [0, 0.1) is 20.8 Å². The molecule has 1 unspecified atom stereocenters. The Morgan fingerprint density at radius 2 is 1.37 bits per heavy atom. The first kappa shape index (κ1) is 25.2. The molecule has 5 aromatic rings. The molecule has 38 heavy (non-hydrogen) atoms. The Labute approximate surface area is 223 Å². The number of hydrogen-bond acceptors (Lipinski definition) is 8. The van der Waals surface area contributed by atoms with E-state index in [1.165, 1.54) is 18.3 Å². The molecule has 0 aliphatic rings. The largest absolute Gasteiger partial charge is 0.449 e. The number of anilines is 1. The van der Waals surface area contributed by atoms with Gasteiger partial charge in [0.2, 0.25) is 5.13 Å². The molecule has 2 heterocycles. The van der Waals surface area contributed by atoms with Crippen molar-refractivity contribution in [2.24, 2.45) is 0 Å². The first-order valence-corrected chi connectivity index (χ1v) is 12.9. The molecule has 1 amide bonds. The molecular weight excluding hydrogens is 498 g/mol. The molecule has 0 saturated heterocycles. The monoisotopic (exact) mass is 523 g/mol. The fourth-order valence-electron chi connectivity index (χ4n) is 3.84. The lowest BCUT2D eigenvalue weighted by Gasteiger charge is -2.13. The molecule has 0 aliphatic carbocycles. The zero-order chi connectivity index (χ0) is 26.8. The molecule has 0 bridgehead atoms. The van der Waals surface area contributed by atoms with Crippen LogP contribution >= 0.6 is 11.3 Å². The summed E-state index contributed by atoms with van der Waals surface area (Å²) in [4.78, 5) is 35.2. The smallest absolute Gasteiger partial charge is 0.338 e. The number of ether oxygens (including phenoxy) is 1. The summed E-state index contributed by atoms with van der Waals surface area (Å²) in [5.74, 6) is -1.12. The van der Waals surface area contributed by atoms with Gasteiger partial charge in [0.05, 0.1) is 28.0 Å². The first-order chi connectivity index (χ1) is 18.3. The number of carbonyl (C=O) groups excluding carboxylic acids is 2. The van der Waals surface area contributed by atoms with Crippen LogP contribution in [0.3, 0.4) is 0 Å². The highest BCUT2D eigenvalue weighted by Crippen LogP contribution is 2.31. The first-order valence-electron chi connectivity index (χ1n) is 12.0. The molecule has 1 N–H and O–H groups in total. The van der Waals surface area contributed by atoms with Crippen LogP contribution in [0.25, 0.3) is 33.5 Å². The third-order valence-electron chi connectivity index (χ3n) is 5.96. The quantitative estimate of drug-likeness (QED) is 0.275. The van der Waals surface area contributed by atoms with E-state index in [1.807, 2.05) is 62.4 Å². The van der Waals surface area contributed by atoms with E-state index < -0.39 is 18.0 Å². The molecule has 2 aromatic heterocycles. The zero-order valence-electron chi connectivity index (χ0n) is 21.4. The summed E-state index contributed by atoms with van der Waals surface area (Å²) in [5, 5.41) is 11.4. The number of rotatable bonds is 6. The summed E-state index contributed by atoms with van der Waals surface area (Å²) in [6.45, 7) is 7.36. The Morgan fingerprint density at radius 1 is 0.789 bits per heavy atom. The summed E-state index contributed by atoms with van der Waals surface area (Å²) in [6, 6.07) is 21.3. The normalized spacial score (nSPS) is 11.8. The lowest BCUT2D eigenvalue weighted by molar-refractivity contribution is -0.123. The highest BCUT2D eigenvalue weighted by Gasteiger charge is 2.21. The molecule has 0 spiro atoms. The Kier molecular flexibility index (Phi) is 6.93. The SMILES string of the molecule is Cc1ccc(-c2nc3ccc(C(=O)OC(C)C(=O)Nc4nnc(C)s4)cc3nc2-c2ccc(C)cc2)cc1. The topological polar surface area (TPSA) is 107 Å². The van der Waals surface area contributed by atoms with Crippen LogP contribution in [0.4, 0.5) is 5.13 Å². The van der Waals surface area contributed by atoms with Crippen LogP contribution in [0.15, 0.2) is 66.7 Å². The van der Waals surface area contributed by atoms with Crippen LogP contribution in [0.2, 0.25) is 0 Å². The van der Waals surface area contributed by atoms with Gasteiger partial charge in [-0.05, 0) is 45.9 Å². The van der Waals surface area contributed by atoms with Crippen LogP contribution in [-0.4, -0.2) is 38.1 Å². The summed E-state index contributed by atoms with van der Waals surface area (Å²) < 4.78 is 5.42. The van der Waals surface area contributed by atoms with Crippen molar-refractivity contribution in [3.8, 4) is 22.5 Å². The second kappa shape index (κ2) is 10.5. The maximum Gasteiger partial charge on any atom is 0.338 e. The van der Waals surface area contributed by atoms with Crippen molar-refractivity contribution in [1.29, 1.82) is 0 Å². The Hall–Kier alpha value is -4.50. The van der Waals surface area contributed by atoms with Crippen LogP contribution in [-0.2, 0) is 9.53 Å². The summed E-state index contributed by atoms with van der Waals surface area (Å²) in [6.07, 6.45) is -1.03. The summed E-state index contributed by atoms with van der Waals surface area (Å²) in [5.41, 5.74) is 7.11. The molecule has 0 saturated carbocycles. The fraction of sp³-hybridized carbons (Fsp3) is 0.172. The van der Waals surface area contributed by atoms with Crippen molar-refractivity contribution in [3.05, 3.63) is 88.4 Å². The number of nitrogens with one attached hydrogen (secondary N) is 1. The Bertz CT molecular complexity index is 1650. The van der Waals surface area contributed by atoms with Gasteiger partial charge in [-0.3, -0.25) is 10.1 Å². The molecule has 1 atom stereocenters. The number of aromatic nitrogens is 4. The van der Waals surface area contributed by atoms with Gasteiger partial charge in [-0.1, -0.05) is 71.0 Å². The Balaban J connectivity index is 1.46. The number of carbonyl (C=O) groups is 2. The predicted octanol–water partition coefficient (Wildman–Crippen LogP) is 5.92. The van der Waals surface area contributed by atoms with E-state index in [-0.39, 0.29) is 5.56 Å². The number of amides is 1. The van der Waals surface area contributed by atoms with Crippen molar-refractivity contribution < 1.29 is 14.3 Å². The lowest BCUT2D eigenvalue weighted by Crippen LogP contribution is -2.30. The maximum atomic E-state index is 12.9. The van der Waals surface area contributed by atoms with Gasteiger partial charge in [-0.25, -0.2) is 14.8 Å². The van der Waals surface area contributed by atoms with Gasteiger partial charge in [-0.15, -0.1) is 10.2 Å². The summed E-state index contributed by atoms with van der Waals surface area (Å²) in [7, 11) is 0. The second-order valence-electron chi connectivity index (χ2n) is 9.02. The van der Waals surface area contributed by atoms with Crippen molar-refractivity contribution in [1.82, 2.24) is 20.2 Å². The van der Waals surface area contributed by atoms with Gasteiger partial charge < -0.3 is 4.74 Å². The van der Waals surface area contributed by atoms with Crippen molar-refractivity contribution in [2.45, 2.75) is 33.8 Å². The lowest BCUT2D eigenvalue weighted by atomic mass is 10.0. The molecule has 190 valence electrons. The van der Waals surface area contributed by atoms with Crippen LogP contribution in [0.5, 0.6) is 0 Å². The van der Waals surface area contributed by atoms with Gasteiger partial charge in [-0.2, -0.15) is 0 Å². The van der Waals surface area contributed by atoms with Crippen molar-refractivity contribution >= 4 is 39.4 Å². The van der Waals surface area contributed by atoms with E-state index in [9.17, 15) is 9.59 Å². The van der Waals surface area contributed by atoms with Crippen molar-refractivity contribution in [2.75, 3.05) is 5.32 Å². The second-order valence-corrected chi connectivity index (χ2v) is 10.2. The number of aryl methyl sites for hydroxylation is 3. The average Bonchev–Trinajstić information content (AvgIpc) is 3.32. The van der Waals surface area contributed by atoms with Crippen molar-refractivity contribution in [3.63, 3.8) is 0 Å². The molecule has 0 fully saturated rings. The minimum atomic E-state index is -1.03. The third kappa shape index (κ3) is 5.42. The highest BCUT2D eigenvalue weighted by molar-refractivity contribution is 7.15. The number of esters is 1. The molecule has 9 heteroatoms. The zero-order valence-corrected chi connectivity index (χ0v) is 22.2. The van der Waals surface area contributed by atoms with Crippen LogP contribution in [0.1, 0.15) is 33.4 Å². The van der Waals surface area contributed by atoms with Gasteiger partial charge in [0.15, 0.2) is 6.10 Å². The van der Waals surface area contributed by atoms with E-state index in [0.29, 0.717) is 21.9 Å². The standard InChI is InChI=1S/C29H25N5O3S/c1-16-5-9-20(10-6-16)25-26(21-11-7-17(2)8-12-21)31-24-15-22(13-14-23(24)30-25)28(36)37-18(3)27(35)32-29-34-33-19(4)38-29/h5-15,18H,1-4H3,(H,32,34,35). The molecule has 8 nitrogen and oxygen atoms in total. The van der Waals surface area contributed by atoms with E-state index in [1.54, 1.807) is 25.1 Å². The van der Waals surface area contributed by atoms with E-state index in [2.05, 4.69) is 15.5 Å². The van der Waals surface area contributed by atoms with E-state index in [0.717, 1.165) is 33.0 Å². The number of fused-ring (bicyclic) bond motifs is 1. The third-order valence-corrected chi connectivity index (χ3v) is 6.71. The average molecular weight is 524 g/mol. The molecule has 0 aliphatic heterocycles. The highest BCUT2D eigenvalue weighted by atomic mass is 32.1. The minimum Gasteiger partial charge on any atom is -0.449 e. The minimum absolute atomic E-state index is 0.274. The number of hydrogen-bond donors (Lipinski definition) is 1. The van der Waals surface area contributed by atoms with Gasteiger partial charge in [0.25, 0.3) is 5.91 Å². The van der Waals surface area contributed by atoms with E-state index in [4.69, 9.17) is 14.7 Å². The molecule has 5 rings (SSSR count).